The van der Waals surface area contributed by atoms with Crippen molar-refractivity contribution in [3.05, 3.63) is 24.3 Å². The standard InChI is InChI=1S/C16H23N3O4S/c17-24(21,22)13-5-3-4-12(10-13)18-16(20)11-19-8-9-23-15-7-2-1-6-14(15)19/h3-5,10,14-15H,1-2,6-9,11H2,(H,18,20)(H2,17,21,22). The first kappa shape index (κ1) is 17.3. The van der Waals surface area contributed by atoms with Gasteiger partial charge < -0.3 is 10.1 Å². The summed E-state index contributed by atoms with van der Waals surface area (Å²) in [7, 11) is -3.78. The molecular formula is C16H23N3O4S. The van der Waals surface area contributed by atoms with Gasteiger partial charge >= 0.3 is 0 Å². The second-order valence-electron chi connectivity index (χ2n) is 6.35. The number of morpholine rings is 1. The molecule has 1 aliphatic heterocycles. The summed E-state index contributed by atoms with van der Waals surface area (Å²) in [6.07, 6.45) is 4.68. The van der Waals surface area contributed by atoms with Crippen LogP contribution >= 0.6 is 0 Å². The molecule has 8 heteroatoms. The van der Waals surface area contributed by atoms with Gasteiger partial charge in [0.2, 0.25) is 15.9 Å². The lowest BCUT2D eigenvalue weighted by Crippen LogP contribution is -2.54. The van der Waals surface area contributed by atoms with Crippen LogP contribution in [0.25, 0.3) is 0 Å². The van der Waals surface area contributed by atoms with Crippen LogP contribution in [-0.2, 0) is 19.6 Å². The molecule has 2 atom stereocenters. The van der Waals surface area contributed by atoms with Crippen molar-refractivity contribution >= 4 is 21.6 Å². The molecular weight excluding hydrogens is 330 g/mol. The second-order valence-corrected chi connectivity index (χ2v) is 7.91. The van der Waals surface area contributed by atoms with E-state index in [0.717, 1.165) is 19.4 Å². The van der Waals surface area contributed by atoms with Crippen molar-refractivity contribution in [2.24, 2.45) is 5.14 Å². The SMILES string of the molecule is NS(=O)(=O)c1cccc(NC(=O)CN2CCOC3CCCCC32)c1. The Morgan fingerprint density at radius 3 is 2.92 bits per heavy atom. The topological polar surface area (TPSA) is 102 Å². The molecule has 3 N–H and O–H groups in total. The summed E-state index contributed by atoms with van der Waals surface area (Å²) in [5.41, 5.74) is 0.431. The van der Waals surface area contributed by atoms with Crippen LogP contribution in [0.15, 0.2) is 29.2 Å². The van der Waals surface area contributed by atoms with Gasteiger partial charge in [-0.2, -0.15) is 0 Å². The molecule has 2 unspecified atom stereocenters. The number of sulfonamides is 1. The first-order chi connectivity index (χ1) is 11.4. The molecule has 1 aromatic carbocycles. The maximum absolute atomic E-state index is 12.3. The predicted octanol–water partition coefficient (Wildman–Crippen LogP) is 0.916. The van der Waals surface area contributed by atoms with Crippen molar-refractivity contribution in [2.75, 3.05) is 25.0 Å². The highest BCUT2D eigenvalue weighted by atomic mass is 32.2. The first-order valence-electron chi connectivity index (χ1n) is 8.22. The number of nitrogens with two attached hydrogens (primary N) is 1. The molecule has 2 fully saturated rings. The first-order valence-corrected chi connectivity index (χ1v) is 9.76. The number of benzene rings is 1. The van der Waals surface area contributed by atoms with Gasteiger partial charge in [-0.3, -0.25) is 9.69 Å². The maximum Gasteiger partial charge on any atom is 0.238 e. The molecule has 7 nitrogen and oxygen atoms in total. The van der Waals surface area contributed by atoms with Crippen molar-refractivity contribution in [2.45, 2.75) is 42.7 Å². The van der Waals surface area contributed by atoms with Gasteiger partial charge in [0.25, 0.3) is 0 Å². The number of primary sulfonamides is 1. The van der Waals surface area contributed by atoms with Gasteiger partial charge in [0.05, 0.1) is 24.2 Å². The third-order valence-electron chi connectivity index (χ3n) is 4.64. The molecule has 1 amide bonds. The molecule has 1 saturated heterocycles. The molecule has 132 valence electrons. The number of hydrogen-bond acceptors (Lipinski definition) is 5. The summed E-state index contributed by atoms with van der Waals surface area (Å²) in [5.74, 6) is -0.159. The Morgan fingerprint density at radius 2 is 2.12 bits per heavy atom. The van der Waals surface area contributed by atoms with Crippen molar-refractivity contribution in [1.82, 2.24) is 4.90 Å². The van der Waals surface area contributed by atoms with Gasteiger partial charge in [0.1, 0.15) is 0 Å². The fourth-order valence-corrected chi connectivity index (χ4v) is 4.07. The minimum Gasteiger partial charge on any atom is -0.375 e. The predicted molar refractivity (Wildman–Crippen MR) is 90.0 cm³/mol. The van der Waals surface area contributed by atoms with Gasteiger partial charge in [0.15, 0.2) is 0 Å². The van der Waals surface area contributed by atoms with E-state index in [2.05, 4.69) is 10.2 Å². The third kappa shape index (κ3) is 4.13. The number of nitrogens with one attached hydrogen (secondary N) is 1. The summed E-state index contributed by atoms with van der Waals surface area (Å²) < 4.78 is 28.6. The fraction of sp³-hybridized carbons (Fsp3) is 0.562. The molecule has 0 bridgehead atoms. The van der Waals surface area contributed by atoms with Crippen LogP contribution in [0.4, 0.5) is 5.69 Å². The minimum atomic E-state index is -3.78. The largest absolute Gasteiger partial charge is 0.375 e. The van der Waals surface area contributed by atoms with Crippen molar-refractivity contribution in [1.29, 1.82) is 0 Å². The average Bonchev–Trinajstić information content (AvgIpc) is 2.54. The number of ether oxygens (including phenoxy) is 1. The molecule has 1 saturated carbocycles. The van der Waals surface area contributed by atoms with Crippen LogP contribution in [0.2, 0.25) is 0 Å². The number of hydrogen-bond donors (Lipinski definition) is 2. The quantitative estimate of drug-likeness (QED) is 0.838. The van der Waals surface area contributed by atoms with E-state index in [1.807, 2.05) is 0 Å². The van der Waals surface area contributed by atoms with E-state index in [4.69, 9.17) is 9.88 Å². The number of carbonyl (C=O) groups is 1. The van der Waals surface area contributed by atoms with Crippen molar-refractivity contribution in [3.63, 3.8) is 0 Å². The number of nitrogens with zero attached hydrogens (tertiary/aromatic N) is 1. The Labute approximate surface area is 142 Å². The van der Waals surface area contributed by atoms with Crippen LogP contribution in [0.1, 0.15) is 25.7 Å². The van der Waals surface area contributed by atoms with Crippen LogP contribution in [0.5, 0.6) is 0 Å². The van der Waals surface area contributed by atoms with E-state index >= 15 is 0 Å². The Bertz CT molecular complexity index is 705. The maximum atomic E-state index is 12.3. The monoisotopic (exact) mass is 353 g/mol. The zero-order valence-corrected chi connectivity index (χ0v) is 14.3. The van der Waals surface area contributed by atoms with Gasteiger partial charge in [-0.1, -0.05) is 18.9 Å². The van der Waals surface area contributed by atoms with Crippen molar-refractivity contribution in [3.8, 4) is 0 Å². The van der Waals surface area contributed by atoms with Gasteiger partial charge in [0, 0.05) is 18.3 Å². The zero-order chi connectivity index (χ0) is 17.2. The highest BCUT2D eigenvalue weighted by Crippen LogP contribution is 2.28. The molecule has 1 heterocycles. The Morgan fingerprint density at radius 1 is 1.33 bits per heavy atom. The molecule has 0 radical (unpaired) electrons. The van der Waals surface area contributed by atoms with Crippen molar-refractivity contribution < 1.29 is 17.9 Å². The number of amides is 1. The van der Waals surface area contributed by atoms with E-state index in [1.165, 1.54) is 25.0 Å². The smallest absolute Gasteiger partial charge is 0.238 e. The van der Waals surface area contributed by atoms with E-state index in [9.17, 15) is 13.2 Å². The van der Waals surface area contributed by atoms with Crippen LogP contribution < -0.4 is 10.5 Å². The van der Waals surface area contributed by atoms with Gasteiger partial charge in [-0.25, -0.2) is 13.6 Å². The zero-order valence-electron chi connectivity index (χ0n) is 13.5. The normalized spacial score (nSPS) is 25.0. The van der Waals surface area contributed by atoms with Crippen LogP contribution in [-0.4, -0.2) is 51.1 Å². The van der Waals surface area contributed by atoms with Gasteiger partial charge in [-0.05, 0) is 31.0 Å². The third-order valence-corrected chi connectivity index (χ3v) is 5.55. The lowest BCUT2D eigenvalue weighted by molar-refractivity contribution is -0.124. The number of anilines is 1. The highest BCUT2D eigenvalue weighted by Gasteiger charge is 2.34. The van der Waals surface area contributed by atoms with E-state index in [0.29, 0.717) is 18.3 Å². The van der Waals surface area contributed by atoms with Gasteiger partial charge in [-0.15, -0.1) is 0 Å². The van der Waals surface area contributed by atoms with E-state index in [1.54, 1.807) is 12.1 Å². The lowest BCUT2D eigenvalue weighted by Gasteiger charge is -2.43. The average molecular weight is 353 g/mol. The molecule has 24 heavy (non-hydrogen) atoms. The molecule has 1 aliphatic carbocycles. The summed E-state index contributed by atoms with van der Waals surface area (Å²) in [4.78, 5) is 14.5. The van der Waals surface area contributed by atoms with E-state index in [-0.39, 0.29) is 23.5 Å². The number of carbonyl (C=O) groups excluding carboxylic acids is 1. The number of rotatable bonds is 4. The summed E-state index contributed by atoms with van der Waals surface area (Å²) in [6, 6.07) is 6.28. The highest BCUT2D eigenvalue weighted by molar-refractivity contribution is 7.89. The second kappa shape index (κ2) is 7.18. The van der Waals surface area contributed by atoms with Crippen LogP contribution in [0.3, 0.4) is 0 Å². The lowest BCUT2D eigenvalue weighted by atomic mass is 9.90. The summed E-state index contributed by atoms with van der Waals surface area (Å²) >= 11 is 0. The Balaban J connectivity index is 1.63. The minimum absolute atomic E-state index is 0.0148. The summed E-state index contributed by atoms with van der Waals surface area (Å²) in [6.45, 7) is 1.67. The molecule has 3 rings (SSSR count). The molecule has 1 aromatic rings. The molecule has 2 aliphatic rings. The number of fused-ring (bicyclic) bond motifs is 1. The van der Waals surface area contributed by atoms with E-state index < -0.39 is 10.0 Å². The Hall–Kier alpha value is -1.48. The molecule has 0 aromatic heterocycles. The molecule has 0 spiro atoms. The van der Waals surface area contributed by atoms with Crippen LogP contribution in [0, 0.1) is 0 Å². The Kier molecular flexibility index (Phi) is 5.19. The summed E-state index contributed by atoms with van der Waals surface area (Å²) in [5, 5.41) is 7.87. The fourth-order valence-electron chi connectivity index (χ4n) is 3.51.